The van der Waals surface area contributed by atoms with Gasteiger partial charge in [0, 0.05) is 10.6 Å². The predicted octanol–water partition coefficient (Wildman–Crippen LogP) is 3.39. The second kappa shape index (κ2) is 5.83. The molecule has 0 unspecified atom stereocenters. The van der Waals surface area contributed by atoms with Crippen LogP contribution in [0.4, 0.5) is 0 Å². The predicted molar refractivity (Wildman–Crippen MR) is 69.7 cm³/mol. The quantitative estimate of drug-likeness (QED) is 0.498. The molecule has 0 aliphatic heterocycles. The molecule has 2 nitrogen and oxygen atoms in total. The first-order valence-corrected chi connectivity index (χ1v) is 5.51. The van der Waals surface area contributed by atoms with Crippen LogP contribution in [0.15, 0.2) is 29.4 Å². The number of hydrogen-bond donors (Lipinski definition) is 1. The standard InChI is InChI=1S/C11H13ClN2S/c1-3-11(15)14-13-8(2)9-6-4-5-7-10(9)12/h4-7H,3H2,1-2H3,(H,14,15)/b13-8+. The Balaban J connectivity index is 2.80. The van der Waals surface area contributed by atoms with Crippen molar-refractivity contribution in [1.82, 2.24) is 5.43 Å². The van der Waals surface area contributed by atoms with Crippen LogP contribution >= 0.6 is 23.8 Å². The molecule has 0 saturated carbocycles. The summed E-state index contributed by atoms with van der Waals surface area (Å²) >= 11 is 11.0. The van der Waals surface area contributed by atoms with Crippen molar-refractivity contribution < 1.29 is 0 Å². The smallest absolute Gasteiger partial charge is 0.0959 e. The van der Waals surface area contributed by atoms with E-state index in [1.165, 1.54) is 0 Å². The van der Waals surface area contributed by atoms with Crippen molar-refractivity contribution in [3.8, 4) is 0 Å². The maximum atomic E-state index is 6.03. The number of hydrazone groups is 1. The average Bonchev–Trinajstić information content (AvgIpc) is 2.26. The molecule has 0 saturated heterocycles. The fourth-order valence-electron chi connectivity index (χ4n) is 1.04. The zero-order valence-electron chi connectivity index (χ0n) is 8.75. The van der Waals surface area contributed by atoms with Gasteiger partial charge < -0.3 is 0 Å². The van der Waals surface area contributed by atoms with Crippen LogP contribution in [0.2, 0.25) is 5.02 Å². The highest BCUT2D eigenvalue weighted by atomic mass is 35.5. The van der Waals surface area contributed by atoms with Gasteiger partial charge in [0.25, 0.3) is 0 Å². The van der Waals surface area contributed by atoms with Crippen LogP contribution < -0.4 is 5.43 Å². The monoisotopic (exact) mass is 240 g/mol. The van der Waals surface area contributed by atoms with Crippen molar-refractivity contribution in [2.24, 2.45) is 5.10 Å². The number of nitrogens with zero attached hydrogens (tertiary/aromatic N) is 1. The summed E-state index contributed by atoms with van der Waals surface area (Å²) in [4.78, 5) is 0.724. The van der Waals surface area contributed by atoms with Gasteiger partial charge in [0.2, 0.25) is 0 Å². The van der Waals surface area contributed by atoms with Gasteiger partial charge in [-0.3, -0.25) is 5.43 Å². The van der Waals surface area contributed by atoms with Crippen molar-refractivity contribution in [3.05, 3.63) is 34.9 Å². The minimum atomic E-state index is 0.697. The normalized spacial score (nSPS) is 11.3. The summed E-state index contributed by atoms with van der Waals surface area (Å²) in [7, 11) is 0. The van der Waals surface area contributed by atoms with Crippen LogP contribution in [0.5, 0.6) is 0 Å². The number of nitrogens with one attached hydrogen (secondary N) is 1. The topological polar surface area (TPSA) is 24.4 Å². The van der Waals surface area contributed by atoms with Crippen LogP contribution in [0, 0.1) is 0 Å². The molecule has 4 heteroatoms. The Hall–Kier alpha value is -0.930. The molecule has 1 aromatic carbocycles. The lowest BCUT2D eigenvalue weighted by Gasteiger charge is -2.04. The van der Waals surface area contributed by atoms with E-state index < -0.39 is 0 Å². The molecule has 0 aliphatic rings. The molecule has 1 aromatic rings. The molecule has 0 spiro atoms. The van der Waals surface area contributed by atoms with Gasteiger partial charge in [-0.25, -0.2) is 0 Å². The molecule has 0 aromatic heterocycles. The molecular weight excluding hydrogens is 228 g/mol. The molecule has 0 bridgehead atoms. The van der Waals surface area contributed by atoms with E-state index in [2.05, 4.69) is 10.5 Å². The largest absolute Gasteiger partial charge is 0.272 e. The zero-order valence-corrected chi connectivity index (χ0v) is 10.3. The van der Waals surface area contributed by atoms with Gasteiger partial charge in [-0.15, -0.1) is 0 Å². The van der Waals surface area contributed by atoms with E-state index in [0.29, 0.717) is 5.02 Å². The first kappa shape index (κ1) is 12.1. The summed E-state index contributed by atoms with van der Waals surface area (Å²) < 4.78 is 0. The summed E-state index contributed by atoms with van der Waals surface area (Å²) in [6.45, 7) is 3.88. The van der Waals surface area contributed by atoms with Crippen LogP contribution in [0.3, 0.4) is 0 Å². The SMILES string of the molecule is CCC(=S)N/N=C(\C)c1ccccc1Cl. The second-order valence-corrected chi connectivity index (χ2v) is 3.97. The Labute approximate surface area is 100 Å². The van der Waals surface area contributed by atoms with Gasteiger partial charge in [0.05, 0.1) is 10.7 Å². The Morgan fingerprint density at radius 2 is 2.13 bits per heavy atom. The summed E-state index contributed by atoms with van der Waals surface area (Å²) in [6.07, 6.45) is 0.786. The third-order valence-electron chi connectivity index (χ3n) is 1.93. The zero-order chi connectivity index (χ0) is 11.3. The van der Waals surface area contributed by atoms with Crippen molar-refractivity contribution >= 4 is 34.5 Å². The summed E-state index contributed by atoms with van der Waals surface area (Å²) in [5, 5.41) is 4.86. The van der Waals surface area contributed by atoms with Crippen molar-refractivity contribution in [2.45, 2.75) is 20.3 Å². The van der Waals surface area contributed by atoms with Crippen LogP contribution in [0.1, 0.15) is 25.8 Å². The van der Waals surface area contributed by atoms with E-state index in [9.17, 15) is 0 Å². The highest BCUT2D eigenvalue weighted by Crippen LogP contribution is 2.15. The highest BCUT2D eigenvalue weighted by Gasteiger charge is 2.02. The fourth-order valence-corrected chi connectivity index (χ4v) is 1.36. The van der Waals surface area contributed by atoms with Crippen molar-refractivity contribution in [3.63, 3.8) is 0 Å². The molecule has 1 rings (SSSR count). The Morgan fingerprint density at radius 1 is 1.47 bits per heavy atom. The summed E-state index contributed by atoms with van der Waals surface area (Å²) in [5.74, 6) is 0. The van der Waals surface area contributed by atoms with Gasteiger partial charge in [-0.2, -0.15) is 5.10 Å². The van der Waals surface area contributed by atoms with E-state index in [4.69, 9.17) is 23.8 Å². The number of halogens is 1. The first-order chi connectivity index (χ1) is 7.15. The van der Waals surface area contributed by atoms with Gasteiger partial charge in [0.1, 0.15) is 0 Å². The van der Waals surface area contributed by atoms with E-state index in [0.717, 1.165) is 22.7 Å². The summed E-state index contributed by atoms with van der Waals surface area (Å²) in [6, 6.07) is 7.59. The molecule has 80 valence electrons. The second-order valence-electron chi connectivity index (χ2n) is 3.07. The van der Waals surface area contributed by atoms with Crippen LogP contribution in [-0.2, 0) is 0 Å². The average molecular weight is 241 g/mol. The Morgan fingerprint density at radius 3 is 2.73 bits per heavy atom. The Kier molecular flexibility index (Phi) is 4.72. The lowest BCUT2D eigenvalue weighted by molar-refractivity contribution is 1.00. The van der Waals surface area contributed by atoms with E-state index in [1.807, 2.05) is 38.1 Å². The number of thiocarbonyl (C=S) groups is 1. The molecule has 15 heavy (non-hydrogen) atoms. The molecular formula is C11H13ClN2S. The third kappa shape index (κ3) is 3.61. The van der Waals surface area contributed by atoms with E-state index >= 15 is 0 Å². The molecule has 0 radical (unpaired) electrons. The van der Waals surface area contributed by atoms with Gasteiger partial charge >= 0.3 is 0 Å². The fraction of sp³-hybridized carbons (Fsp3) is 0.273. The number of rotatable bonds is 3. The van der Waals surface area contributed by atoms with Crippen molar-refractivity contribution in [2.75, 3.05) is 0 Å². The molecule has 0 atom stereocenters. The summed E-state index contributed by atoms with van der Waals surface area (Å²) in [5.41, 5.74) is 4.57. The van der Waals surface area contributed by atoms with Crippen molar-refractivity contribution in [1.29, 1.82) is 0 Å². The molecule has 0 heterocycles. The van der Waals surface area contributed by atoms with E-state index in [-0.39, 0.29) is 0 Å². The van der Waals surface area contributed by atoms with Gasteiger partial charge in [-0.05, 0) is 19.4 Å². The highest BCUT2D eigenvalue weighted by molar-refractivity contribution is 7.80. The lowest BCUT2D eigenvalue weighted by Crippen LogP contribution is -2.15. The lowest BCUT2D eigenvalue weighted by atomic mass is 10.1. The van der Waals surface area contributed by atoms with Gasteiger partial charge in [0.15, 0.2) is 0 Å². The van der Waals surface area contributed by atoms with Crippen LogP contribution in [0.25, 0.3) is 0 Å². The molecule has 0 fully saturated rings. The first-order valence-electron chi connectivity index (χ1n) is 4.73. The molecule has 1 N–H and O–H groups in total. The maximum absolute atomic E-state index is 6.03. The minimum Gasteiger partial charge on any atom is -0.272 e. The molecule has 0 aliphatic carbocycles. The van der Waals surface area contributed by atoms with Gasteiger partial charge in [-0.1, -0.05) is 48.9 Å². The third-order valence-corrected chi connectivity index (χ3v) is 2.64. The number of benzene rings is 1. The van der Waals surface area contributed by atoms with E-state index in [1.54, 1.807) is 0 Å². The molecule has 0 amide bonds. The minimum absolute atomic E-state index is 0.697. The Bertz CT molecular complexity index is 388. The number of hydrogen-bond acceptors (Lipinski definition) is 2. The van der Waals surface area contributed by atoms with Crippen LogP contribution in [-0.4, -0.2) is 10.7 Å². The maximum Gasteiger partial charge on any atom is 0.0959 e.